The first-order valence-corrected chi connectivity index (χ1v) is 7.57. The van der Waals surface area contributed by atoms with Crippen LogP contribution in [0.3, 0.4) is 0 Å². The standard InChI is InChI=1S/C18H19NO6/c1-21-10-5-7-12(14(9-10)23-3)19-17-11-6-8-13(22-2)16(24-4)15(11)18(20)25-17/h5-9,17,19H,1-4H3/t17-/m0/s1. The first-order valence-electron chi connectivity index (χ1n) is 7.57. The Bertz CT molecular complexity index is 804. The summed E-state index contributed by atoms with van der Waals surface area (Å²) in [5.41, 5.74) is 1.69. The van der Waals surface area contributed by atoms with E-state index in [1.807, 2.05) is 0 Å². The lowest BCUT2D eigenvalue weighted by Crippen LogP contribution is -2.11. The minimum absolute atomic E-state index is 0.354. The molecule has 0 unspecified atom stereocenters. The fourth-order valence-corrected chi connectivity index (χ4v) is 2.77. The fourth-order valence-electron chi connectivity index (χ4n) is 2.77. The van der Waals surface area contributed by atoms with E-state index in [2.05, 4.69) is 5.32 Å². The van der Waals surface area contributed by atoms with Crippen LogP contribution in [0.4, 0.5) is 5.69 Å². The van der Waals surface area contributed by atoms with E-state index in [1.165, 1.54) is 14.2 Å². The minimum atomic E-state index is -0.662. The van der Waals surface area contributed by atoms with E-state index in [0.717, 1.165) is 0 Å². The third-order valence-corrected chi connectivity index (χ3v) is 3.98. The van der Waals surface area contributed by atoms with Crippen LogP contribution in [-0.2, 0) is 4.74 Å². The van der Waals surface area contributed by atoms with E-state index < -0.39 is 12.2 Å². The van der Waals surface area contributed by atoms with Crippen LogP contribution in [0.2, 0.25) is 0 Å². The van der Waals surface area contributed by atoms with Gasteiger partial charge in [-0.2, -0.15) is 0 Å². The predicted octanol–water partition coefficient (Wildman–Crippen LogP) is 3.00. The summed E-state index contributed by atoms with van der Waals surface area (Å²) in [6.45, 7) is 0. The molecule has 1 atom stereocenters. The summed E-state index contributed by atoms with van der Waals surface area (Å²) in [5.74, 6) is 1.59. The first kappa shape index (κ1) is 16.8. The van der Waals surface area contributed by atoms with E-state index >= 15 is 0 Å². The zero-order valence-electron chi connectivity index (χ0n) is 14.4. The van der Waals surface area contributed by atoms with E-state index in [0.29, 0.717) is 39.8 Å². The molecule has 1 aliphatic heterocycles. The summed E-state index contributed by atoms with van der Waals surface area (Å²) < 4.78 is 26.6. The predicted molar refractivity (Wildman–Crippen MR) is 90.9 cm³/mol. The van der Waals surface area contributed by atoms with Crippen molar-refractivity contribution in [1.29, 1.82) is 0 Å². The Labute approximate surface area is 145 Å². The molecule has 132 valence electrons. The van der Waals surface area contributed by atoms with Crippen LogP contribution in [0.25, 0.3) is 0 Å². The molecular formula is C18H19NO6. The Morgan fingerprint density at radius 3 is 2.32 bits per heavy atom. The van der Waals surface area contributed by atoms with Crippen molar-refractivity contribution in [1.82, 2.24) is 0 Å². The normalized spacial score (nSPS) is 15.2. The van der Waals surface area contributed by atoms with Gasteiger partial charge in [0.2, 0.25) is 6.23 Å². The molecule has 25 heavy (non-hydrogen) atoms. The molecule has 0 bridgehead atoms. The molecule has 2 aromatic carbocycles. The van der Waals surface area contributed by atoms with Crippen molar-refractivity contribution in [2.24, 2.45) is 0 Å². The molecule has 0 amide bonds. The summed E-state index contributed by atoms with van der Waals surface area (Å²) in [6.07, 6.45) is -0.662. The summed E-state index contributed by atoms with van der Waals surface area (Å²) in [6, 6.07) is 8.84. The highest BCUT2D eigenvalue weighted by atomic mass is 16.6. The molecule has 1 N–H and O–H groups in total. The Balaban J connectivity index is 1.97. The van der Waals surface area contributed by atoms with Crippen LogP contribution in [0.1, 0.15) is 22.1 Å². The average molecular weight is 345 g/mol. The lowest BCUT2D eigenvalue weighted by Gasteiger charge is -2.17. The van der Waals surface area contributed by atoms with Crippen LogP contribution in [0.5, 0.6) is 23.0 Å². The number of benzene rings is 2. The molecule has 1 heterocycles. The fraction of sp³-hybridized carbons (Fsp3) is 0.278. The number of carbonyl (C=O) groups is 1. The number of cyclic esters (lactones) is 1. The number of fused-ring (bicyclic) bond motifs is 1. The number of nitrogens with one attached hydrogen (secondary N) is 1. The molecule has 7 nitrogen and oxygen atoms in total. The van der Waals surface area contributed by atoms with Crippen LogP contribution in [0.15, 0.2) is 30.3 Å². The van der Waals surface area contributed by atoms with Crippen LogP contribution < -0.4 is 24.3 Å². The monoisotopic (exact) mass is 345 g/mol. The highest BCUT2D eigenvalue weighted by Crippen LogP contribution is 2.43. The number of rotatable bonds is 6. The largest absolute Gasteiger partial charge is 0.497 e. The van der Waals surface area contributed by atoms with Gasteiger partial charge in [-0.1, -0.05) is 0 Å². The summed E-state index contributed by atoms with van der Waals surface area (Å²) in [5, 5.41) is 3.17. The lowest BCUT2D eigenvalue weighted by atomic mass is 10.1. The molecule has 0 spiro atoms. The molecule has 0 aromatic heterocycles. The van der Waals surface area contributed by atoms with Crippen molar-refractivity contribution in [2.45, 2.75) is 6.23 Å². The molecule has 7 heteroatoms. The van der Waals surface area contributed by atoms with E-state index in [4.69, 9.17) is 23.7 Å². The average Bonchev–Trinajstić information content (AvgIpc) is 2.96. The number of anilines is 1. The van der Waals surface area contributed by atoms with Gasteiger partial charge < -0.3 is 29.0 Å². The number of esters is 1. The molecule has 0 saturated carbocycles. The summed E-state index contributed by atoms with van der Waals surface area (Å²) >= 11 is 0. The van der Waals surface area contributed by atoms with Crippen LogP contribution in [0, 0.1) is 0 Å². The lowest BCUT2D eigenvalue weighted by molar-refractivity contribution is 0.0434. The number of hydrogen-bond donors (Lipinski definition) is 1. The van der Waals surface area contributed by atoms with Gasteiger partial charge in [-0.25, -0.2) is 4.79 Å². The number of hydrogen-bond acceptors (Lipinski definition) is 7. The third kappa shape index (κ3) is 2.88. The molecule has 0 aliphatic carbocycles. The van der Waals surface area contributed by atoms with Gasteiger partial charge in [-0.05, 0) is 24.3 Å². The van der Waals surface area contributed by atoms with Crippen LogP contribution >= 0.6 is 0 Å². The molecule has 2 aromatic rings. The van der Waals surface area contributed by atoms with E-state index in [9.17, 15) is 4.79 Å². The molecule has 0 saturated heterocycles. The van der Waals surface area contributed by atoms with Gasteiger partial charge in [0.15, 0.2) is 11.5 Å². The molecular weight excluding hydrogens is 326 g/mol. The van der Waals surface area contributed by atoms with Gasteiger partial charge in [0.25, 0.3) is 0 Å². The van der Waals surface area contributed by atoms with E-state index in [-0.39, 0.29) is 0 Å². The molecule has 0 radical (unpaired) electrons. The summed E-state index contributed by atoms with van der Waals surface area (Å²) in [4.78, 5) is 12.3. The number of ether oxygens (including phenoxy) is 5. The maximum atomic E-state index is 12.3. The van der Waals surface area contributed by atoms with Crippen molar-refractivity contribution < 1.29 is 28.5 Å². The molecule has 1 aliphatic rings. The van der Waals surface area contributed by atoms with Gasteiger partial charge in [0, 0.05) is 11.6 Å². The zero-order valence-corrected chi connectivity index (χ0v) is 14.4. The Morgan fingerprint density at radius 2 is 1.68 bits per heavy atom. The van der Waals surface area contributed by atoms with Gasteiger partial charge in [0.1, 0.15) is 17.1 Å². The van der Waals surface area contributed by atoms with Crippen molar-refractivity contribution in [3.05, 3.63) is 41.5 Å². The Morgan fingerprint density at radius 1 is 0.920 bits per heavy atom. The Hall–Kier alpha value is -3.09. The van der Waals surface area contributed by atoms with Gasteiger partial charge in [-0.15, -0.1) is 0 Å². The maximum absolute atomic E-state index is 12.3. The van der Waals surface area contributed by atoms with Crippen molar-refractivity contribution >= 4 is 11.7 Å². The topological polar surface area (TPSA) is 75.3 Å². The summed E-state index contributed by atoms with van der Waals surface area (Å²) in [7, 11) is 6.14. The second-order valence-corrected chi connectivity index (χ2v) is 5.26. The van der Waals surface area contributed by atoms with Crippen molar-refractivity contribution in [3.63, 3.8) is 0 Å². The second kappa shape index (κ2) is 6.80. The van der Waals surface area contributed by atoms with Gasteiger partial charge in [0.05, 0.1) is 34.1 Å². The quantitative estimate of drug-likeness (QED) is 0.807. The second-order valence-electron chi connectivity index (χ2n) is 5.26. The van der Waals surface area contributed by atoms with Crippen LogP contribution in [-0.4, -0.2) is 34.4 Å². The Kier molecular flexibility index (Phi) is 4.56. The number of methoxy groups -OCH3 is 4. The zero-order chi connectivity index (χ0) is 18.0. The first-order chi connectivity index (χ1) is 12.1. The van der Waals surface area contributed by atoms with Gasteiger partial charge >= 0.3 is 5.97 Å². The van der Waals surface area contributed by atoms with Crippen molar-refractivity contribution in [3.8, 4) is 23.0 Å². The SMILES string of the molecule is COc1ccc(N[C@H]2OC(=O)c3c2ccc(OC)c3OC)c(OC)c1. The minimum Gasteiger partial charge on any atom is -0.497 e. The number of carbonyl (C=O) groups excluding carboxylic acids is 1. The smallest absolute Gasteiger partial charge is 0.344 e. The highest BCUT2D eigenvalue weighted by molar-refractivity contribution is 5.98. The maximum Gasteiger partial charge on any atom is 0.344 e. The van der Waals surface area contributed by atoms with Crippen molar-refractivity contribution in [2.75, 3.05) is 33.8 Å². The van der Waals surface area contributed by atoms with E-state index in [1.54, 1.807) is 44.6 Å². The van der Waals surface area contributed by atoms with Gasteiger partial charge in [-0.3, -0.25) is 0 Å². The highest BCUT2D eigenvalue weighted by Gasteiger charge is 2.36. The molecule has 3 rings (SSSR count). The third-order valence-electron chi connectivity index (χ3n) is 3.98. The molecule has 0 fully saturated rings.